The minimum Gasteiger partial charge on any atom is -0.341 e. The summed E-state index contributed by atoms with van der Waals surface area (Å²) in [4.78, 5) is 28.8. The smallest absolute Gasteiger partial charge is 0.253 e. The zero-order valence-corrected chi connectivity index (χ0v) is 9.51. The van der Waals surface area contributed by atoms with Crippen LogP contribution in [-0.4, -0.2) is 33.4 Å². The highest BCUT2D eigenvalue weighted by Crippen LogP contribution is 2.17. The van der Waals surface area contributed by atoms with E-state index in [-0.39, 0.29) is 17.5 Å². The van der Waals surface area contributed by atoms with Crippen molar-refractivity contribution in [3.05, 3.63) is 28.4 Å². The Morgan fingerprint density at radius 1 is 1.50 bits per heavy atom. The van der Waals surface area contributed by atoms with Crippen LogP contribution in [0.25, 0.3) is 0 Å². The van der Waals surface area contributed by atoms with Gasteiger partial charge in [0, 0.05) is 37.8 Å². The molecule has 2 rings (SSSR count). The number of hydrogen-bond acceptors (Lipinski definition) is 3. The highest BCUT2D eigenvalue weighted by molar-refractivity contribution is 5.78. The first-order chi connectivity index (χ1) is 7.58. The van der Waals surface area contributed by atoms with Gasteiger partial charge < -0.3 is 4.90 Å². The topological polar surface area (TPSA) is 55.2 Å². The van der Waals surface area contributed by atoms with Crippen LogP contribution < -0.4 is 5.56 Å². The Balaban J connectivity index is 2.16. The summed E-state index contributed by atoms with van der Waals surface area (Å²) in [5, 5.41) is 0. The standard InChI is InChI=1S/C11H15N3O2/c1-8-5-11(16)14(7-12-8)6-9-3-4-10(15)13(9)2/h5,7,9H,3-4,6H2,1-2H3. The molecule has 1 amide bonds. The summed E-state index contributed by atoms with van der Waals surface area (Å²) in [6.07, 6.45) is 2.94. The lowest BCUT2D eigenvalue weighted by Gasteiger charge is -2.20. The lowest BCUT2D eigenvalue weighted by atomic mass is 10.2. The third-order valence-electron chi connectivity index (χ3n) is 3.06. The predicted molar refractivity (Wildman–Crippen MR) is 59.0 cm³/mol. The number of amides is 1. The number of likely N-dealkylation sites (N-methyl/N-ethyl adjacent to an activating group) is 1. The second-order valence-electron chi connectivity index (χ2n) is 4.22. The average Bonchev–Trinajstić information content (AvgIpc) is 2.54. The van der Waals surface area contributed by atoms with Gasteiger partial charge >= 0.3 is 0 Å². The molecule has 5 heteroatoms. The van der Waals surface area contributed by atoms with Gasteiger partial charge in [-0.3, -0.25) is 14.2 Å². The summed E-state index contributed by atoms with van der Waals surface area (Å²) in [5.74, 6) is 0.151. The van der Waals surface area contributed by atoms with E-state index in [2.05, 4.69) is 4.98 Å². The fourth-order valence-corrected chi connectivity index (χ4v) is 1.96. The van der Waals surface area contributed by atoms with Gasteiger partial charge in [0.2, 0.25) is 5.91 Å². The van der Waals surface area contributed by atoms with Gasteiger partial charge in [0.15, 0.2) is 0 Å². The Bertz CT molecular complexity index is 467. The lowest BCUT2D eigenvalue weighted by Crippen LogP contribution is -2.35. The minimum atomic E-state index is -0.0553. The van der Waals surface area contributed by atoms with Crippen molar-refractivity contribution in [2.24, 2.45) is 0 Å². The van der Waals surface area contributed by atoms with Crippen LogP contribution in [0.4, 0.5) is 0 Å². The molecule has 1 fully saturated rings. The number of rotatable bonds is 2. The van der Waals surface area contributed by atoms with Gasteiger partial charge in [0.1, 0.15) is 0 Å². The van der Waals surface area contributed by atoms with Crippen molar-refractivity contribution >= 4 is 5.91 Å². The van der Waals surface area contributed by atoms with Crippen molar-refractivity contribution in [1.82, 2.24) is 14.5 Å². The van der Waals surface area contributed by atoms with Gasteiger partial charge in [0.25, 0.3) is 5.56 Å². The molecule has 0 aromatic carbocycles. The molecule has 1 aliphatic rings. The van der Waals surface area contributed by atoms with Crippen molar-refractivity contribution < 1.29 is 4.79 Å². The summed E-state index contributed by atoms with van der Waals surface area (Å²) < 4.78 is 1.56. The maximum atomic E-state index is 11.6. The van der Waals surface area contributed by atoms with E-state index in [0.717, 1.165) is 12.1 Å². The largest absolute Gasteiger partial charge is 0.341 e. The highest BCUT2D eigenvalue weighted by atomic mass is 16.2. The van der Waals surface area contributed by atoms with E-state index >= 15 is 0 Å². The van der Waals surface area contributed by atoms with Crippen LogP contribution in [0.15, 0.2) is 17.2 Å². The summed E-state index contributed by atoms with van der Waals surface area (Å²) in [6.45, 7) is 2.32. The van der Waals surface area contributed by atoms with Crippen molar-refractivity contribution in [1.29, 1.82) is 0 Å². The molecule has 16 heavy (non-hydrogen) atoms. The van der Waals surface area contributed by atoms with Gasteiger partial charge in [-0.1, -0.05) is 0 Å². The molecule has 2 heterocycles. The number of nitrogens with zero attached hydrogens (tertiary/aromatic N) is 3. The van der Waals surface area contributed by atoms with Crippen LogP contribution in [0.3, 0.4) is 0 Å². The first-order valence-corrected chi connectivity index (χ1v) is 5.36. The Labute approximate surface area is 93.7 Å². The van der Waals surface area contributed by atoms with E-state index < -0.39 is 0 Å². The van der Waals surface area contributed by atoms with E-state index in [4.69, 9.17) is 0 Å². The zero-order valence-electron chi connectivity index (χ0n) is 9.51. The first-order valence-electron chi connectivity index (χ1n) is 5.36. The van der Waals surface area contributed by atoms with E-state index in [1.807, 2.05) is 0 Å². The van der Waals surface area contributed by atoms with Gasteiger partial charge in [-0.15, -0.1) is 0 Å². The molecule has 0 bridgehead atoms. The number of aromatic nitrogens is 2. The van der Waals surface area contributed by atoms with Crippen molar-refractivity contribution in [2.75, 3.05) is 7.05 Å². The molecule has 0 N–H and O–H groups in total. The number of aryl methyl sites for hydroxylation is 1. The number of carbonyl (C=O) groups excluding carboxylic acids is 1. The minimum absolute atomic E-state index is 0.0553. The van der Waals surface area contributed by atoms with E-state index in [0.29, 0.717) is 13.0 Å². The molecule has 0 radical (unpaired) electrons. The third kappa shape index (κ3) is 1.98. The molecule has 0 spiro atoms. The summed E-state index contributed by atoms with van der Waals surface area (Å²) in [5.41, 5.74) is 0.664. The Kier molecular flexibility index (Phi) is 2.77. The van der Waals surface area contributed by atoms with Crippen LogP contribution >= 0.6 is 0 Å². The normalized spacial score (nSPS) is 20.5. The Hall–Kier alpha value is -1.65. The molecule has 1 atom stereocenters. The molecular weight excluding hydrogens is 206 g/mol. The van der Waals surface area contributed by atoms with E-state index in [1.54, 1.807) is 29.8 Å². The molecule has 1 unspecified atom stereocenters. The van der Waals surface area contributed by atoms with Crippen molar-refractivity contribution in [2.45, 2.75) is 32.4 Å². The molecule has 1 saturated heterocycles. The summed E-state index contributed by atoms with van der Waals surface area (Å²) in [7, 11) is 1.78. The van der Waals surface area contributed by atoms with E-state index in [9.17, 15) is 9.59 Å². The molecule has 1 aromatic rings. The third-order valence-corrected chi connectivity index (χ3v) is 3.06. The van der Waals surface area contributed by atoms with Gasteiger partial charge in [-0.25, -0.2) is 4.98 Å². The Morgan fingerprint density at radius 2 is 2.25 bits per heavy atom. The fourth-order valence-electron chi connectivity index (χ4n) is 1.96. The van der Waals surface area contributed by atoms with Crippen LogP contribution in [0, 0.1) is 6.92 Å². The molecule has 0 saturated carbocycles. The maximum absolute atomic E-state index is 11.6. The van der Waals surface area contributed by atoms with Crippen LogP contribution in [0.5, 0.6) is 0 Å². The van der Waals surface area contributed by atoms with Crippen molar-refractivity contribution in [3.8, 4) is 0 Å². The molecule has 5 nitrogen and oxygen atoms in total. The first kappa shape index (κ1) is 10.9. The number of hydrogen-bond donors (Lipinski definition) is 0. The molecule has 1 aromatic heterocycles. The summed E-state index contributed by atoms with van der Waals surface area (Å²) in [6, 6.07) is 1.63. The average molecular weight is 221 g/mol. The second kappa shape index (κ2) is 4.08. The van der Waals surface area contributed by atoms with Crippen LogP contribution in [0.2, 0.25) is 0 Å². The number of carbonyl (C=O) groups is 1. The van der Waals surface area contributed by atoms with Crippen molar-refractivity contribution in [3.63, 3.8) is 0 Å². The van der Waals surface area contributed by atoms with E-state index in [1.165, 1.54) is 6.07 Å². The van der Waals surface area contributed by atoms with Crippen LogP contribution in [-0.2, 0) is 11.3 Å². The molecule has 86 valence electrons. The van der Waals surface area contributed by atoms with Crippen LogP contribution in [0.1, 0.15) is 18.5 Å². The predicted octanol–water partition coefficient (Wildman–Crippen LogP) is 0.173. The van der Waals surface area contributed by atoms with Gasteiger partial charge in [0.05, 0.1) is 6.33 Å². The Morgan fingerprint density at radius 3 is 2.81 bits per heavy atom. The highest BCUT2D eigenvalue weighted by Gasteiger charge is 2.27. The fraction of sp³-hybridized carbons (Fsp3) is 0.545. The zero-order chi connectivity index (χ0) is 11.7. The summed E-state index contributed by atoms with van der Waals surface area (Å²) >= 11 is 0. The molecular formula is C11H15N3O2. The van der Waals surface area contributed by atoms with Gasteiger partial charge in [-0.2, -0.15) is 0 Å². The number of likely N-dealkylation sites (tertiary alicyclic amines) is 1. The quantitative estimate of drug-likeness (QED) is 0.715. The monoisotopic (exact) mass is 221 g/mol. The van der Waals surface area contributed by atoms with Gasteiger partial charge in [-0.05, 0) is 13.3 Å². The SMILES string of the molecule is Cc1cc(=O)n(CC2CCC(=O)N2C)cn1. The molecule has 0 aliphatic carbocycles. The second-order valence-corrected chi connectivity index (χ2v) is 4.22. The maximum Gasteiger partial charge on any atom is 0.253 e. The lowest BCUT2D eigenvalue weighted by molar-refractivity contribution is -0.127. The molecule has 1 aliphatic heterocycles.